The van der Waals surface area contributed by atoms with Gasteiger partial charge in [-0.25, -0.2) is 0 Å². The van der Waals surface area contributed by atoms with Crippen LogP contribution >= 0.6 is 11.8 Å². The Morgan fingerprint density at radius 2 is 2.37 bits per heavy atom. The first-order chi connectivity index (χ1) is 9.10. The molecule has 0 amide bonds. The molecule has 1 fully saturated rings. The molecule has 1 aromatic heterocycles. The molecule has 0 spiro atoms. The highest BCUT2D eigenvalue weighted by Crippen LogP contribution is 2.38. The highest BCUT2D eigenvalue weighted by atomic mass is 32.2. The number of hydrogen-bond acceptors (Lipinski definition) is 4. The van der Waals surface area contributed by atoms with Crippen molar-refractivity contribution in [2.45, 2.75) is 43.8 Å². The Kier molecular flexibility index (Phi) is 4.63. The molecule has 1 N–H and O–H groups in total. The van der Waals surface area contributed by atoms with Crippen molar-refractivity contribution in [3.63, 3.8) is 0 Å². The molecule has 2 rings (SSSR count). The zero-order valence-corrected chi connectivity index (χ0v) is 11.7. The lowest BCUT2D eigenvalue weighted by atomic mass is 10.1. The van der Waals surface area contributed by atoms with Crippen molar-refractivity contribution in [3.8, 4) is 0 Å². The Hall–Kier alpha value is -1.30. The van der Waals surface area contributed by atoms with E-state index in [2.05, 4.69) is 11.9 Å². The van der Waals surface area contributed by atoms with Crippen molar-refractivity contribution in [3.05, 3.63) is 22.6 Å². The highest BCUT2D eigenvalue weighted by Gasteiger charge is 2.26. The molecule has 1 atom stereocenters. The number of rotatable bonds is 7. The third kappa shape index (κ3) is 4.09. The number of aromatic nitrogens is 2. The molecule has 0 aliphatic heterocycles. The van der Waals surface area contributed by atoms with Gasteiger partial charge in [0.25, 0.3) is 5.56 Å². The lowest BCUT2D eigenvalue weighted by Crippen LogP contribution is -2.18. The van der Waals surface area contributed by atoms with Crippen molar-refractivity contribution in [2.24, 2.45) is 5.92 Å². The van der Waals surface area contributed by atoms with Gasteiger partial charge in [-0.2, -0.15) is 4.98 Å². The number of hydrogen-bond donors (Lipinski definition) is 1. The monoisotopic (exact) mass is 282 g/mol. The Morgan fingerprint density at radius 3 is 2.95 bits per heavy atom. The summed E-state index contributed by atoms with van der Waals surface area (Å²) >= 11 is 1.11. The molecule has 1 unspecified atom stereocenters. The van der Waals surface area contributed by atoms with Crippen LogP contribution in [0.4, 0.5) is 0 Å². The molecule has 0 aromatic carbocycles. The van der Waals surface area contributed by atoms with E-state index in [4.69, 9.17) is 5.11 Å². The summed E-state index contributed by atoms with van der Waals surface area (Å²) in [7, 11) is 0. The number of nitrogens with zero attached hydrogens (tertiary/aromatic N) is 2. The predicted molar refractivity (Wildman–Crippen MR) is 73.5 cm³/mol. The van der Waals surface area contributed by atoms with E-state index in [1.54, 1.807) is 6.20 Å². The van der Waals surface area contributed by atoms with E-state index >= 15 is 0 Å². The number of carbonyl (C=O) groups is 1. The van der Waals surface area contributed by atoms with Crippen LogP contribution in [0.2, 0.25) is 0 Å². The number of carboxylic acid groups (broad SMARTS) is 1. The molecule has 1 saturated carbocycles. The van der Waals surface area contributed by atoms with Gasteiger partial charge in [0, 0.05) is 18.3 Å². The molecule has 0 saturated heterocycles. The van der Waals surface area contributed by atoms with E-state index in [0.717, 1.165) is 30.5 Å². The Balaban J connectivity index is 2.20. The summed E-state index contributed by atoms with van der Waals surface area (Å²) in [5.74, 6) is -0.192. The summed E-state index contributed by atoms with van der Waals surface area (Å²) in [6.45, 7) is 2.11. The van der Waals surface area contributed by atoms with Crippen molar-refractivity contribution < 1.29 is 9.90 Å². The van der Waals surface area contributed by atoms with Crippen LogP contribution in [0.1, 0.15) is 38.6 Å². The van der Waals surface area contributed by atoms with Crippen LogP contribution in [0.15, 0.2) is 22.2 Å². The standard InChI is InChI=1S/C13H18N2O3S/c1-2-10(7-9-3-4-9)15-6-5-11(16)14-13(15)19-8-12(17)18/h5-6,9-10H,2-4,7-8H2,1H3,(H,17,18). The molecule has 0 radical (unpaired) electrons. The van der Waals surface area contributed by atoms with Crippen LogP contribution in [-0.2, 0) is 4.79 Å². The van der Waals surface area contributed by atoms with Crippen LogP contribution in [0, 0.1) is 5.92 Å². The van der Waals surface area contributed by atoms with Crippen molar-refractivity contribution in [1.29, 1.82) is 0 Å². The Labute approximate surface area is 116 Å². The van der Waals surface area contributed by atoms with Crippen LogP contribution < -0.4 is 5.56 Å². The van der Waals surface area contributed by atoms with Gasteiger partial charge in [0.1, 0.15) is 0 Å². The fourth-order valence-electron chi connectivity index (χ4n) is 2.12. The van der Waals surface area contributed by atoms with Crippen LogP contribution in [-0.4, -0.2) is 26.4 Å². The van der Waals surface area contributed by atoms with E-state index in [-0.39, 0.29) is 11.3 Å². The molecule has 5 nitrogen and oxygen atoms in total. The zero-order chi connectivity index (χ0) is 13.8. The van der Waals surface area contributed by atoms with Crippen molar-refractivity contribution in [2.75, 3.05) is 5.75 Å². The first-order valence-corrected chi connectivity index (χ1v) is 7.52. The molecule has 1 aliphatic rings. The summed E-state index contributed by atoms with van der Waals surface area (Å²) in [5, 5.41) is 9.27. The second kappa shape index (κ2) is 6.23. The lowest BCUT2D eigenvalue weighted by Gasteiger charge is -2.21. The van der Waals surface area contributed by atoms with Crippen LogP contribution in [0.5, 0.6) is 0 Å². The van der Waals surface area contributed by atoms with Crippen LogP contribution in [0.25, 0.3) is 0 Å². The molecule has 1 heterocycles. The zero-order valence-electron chi connectivity index (χ0n) is 10.9. The summed E-state index contributed by atoms with van der Waals surface area (Å²) in [4.78, 5) is 26.0. The van der Waals surface area contributed by atoms with Gasteiger partial charge in [0.15, 0.2) is 5.16 Å². The highest BCUT2D eigenvalue weighted by molar-refractivity contribution is 7.99. The Morgan fingerprint density at radius 1 is 1.63 bits per heavy atom. The minimum absolute atomic E-state index is 0.0731. The smallest absolute Gasteiger partial charge is 0.313 e. The fourth-order valence-corrected chi connectivity index (χ4v) is 2.89. The maximum Gasteiger partial charge on any atom is 0.313 e. The third-order valence-corrected chi connectivity index (χ3v) is 4.25. The predicted octanol–water partition coefficient (Wildman–Crippen LogP) is 2.17. The van der Waals surface area contributed by atoms with E-state index in [1.807, 2.05) is 4.57 Å². The summed E-state index contributed by atoms with van der Waals surface area (Å²) in [6.07, 6.45) is 6.35. The van der Waals surface area contributed by atoms with Gasteiger partial charge in [-0.3, -0.25) is 9.59 Å². The molecular formula is C13H18N2O3S. The summed E-state index contributed by atoms with van der Waals surface area (Å²) in [6, 6.07) is 1.75. The number of thioether (sulfide) groups is 1. The number of carboxylic acids is 1. The van der Waals surface area contributed by atoms with Gasteiger partial charge in [-0.15, -0.1) is 0 Å². The minimum atomic E-state index is -0.898. The van der Waals surface area contributed by atoms with Gasteiger partial charge < -0.3 is 9.67 Å². The maximum absolute atomic E-state index is 11.3. The van der Waals surface area contributed by atoms with E-state index < -0.39 is 5.97 Å². The largest absolute Gasteiger partial charge is 0.481 e. The normalized spacial score (nSPS) is 16.3. The molecule has 19 heavy (non-hydrogen) atoms. The van der Waals surface area contributed by atoms with Gasteiger partial charge in [0.2, 0.25) is 0 Å². The molecule has 6 heteroatoms. The SMILES string of the molecule is CCC(CC1CC1)n1ccc(=O)nc1SCC(=O)O. The van der Waals surface area contributed by atoms with Gasteiger partial charge >= 0.3 is 5.97 Å². The topological polar surface area (TPSA) is 72.2 Å². The lowest BCUT2D eigenvalue weighted by molar-refractivity contribution is -0.133. The van der Waals surface area contributed by atoms with E-state index in [0.29, 0.717) is 11.2 Å². The average molecular weight is 282 g/mol. The van der Waals surface area contributed by atoms with E-state index in [9.17, 15) is 9.59 Å². The van der Waals surface area contributed by atoms with E-state index in [1.165, 1.54) is 18.9 Å². The van der Waals surface area contributed by atoms with Gasteiger partial charge in [0.05, 0.1) is 5.75 Å². The molecule has 1 aromatic rings. The number of aliphatic carboxylic acids is 1. The first-order valence-electron chi connectivity index (χ1n) is 6.54. The van der Waals surface area contributed by atoms with Gasteiger partial charge in [-0.05, 0) is 18.8 Å². The van der Waals surface area contributed by atoms with Gasteiger partial charge in [-0.1, -0.05) is 31.5 Å². The first kappa shape index (κ1) is 14.1. The quantitative estimate of drug-likeness (QED) is 0.613. The third-order valence-electron chi connectivity index (χ3n) is 3.30. The van der Waals surface area contributed by atoms with Crippen molar-refractivity contribution in [1.82, 2.24) is 9.55 Å². The van der Waals surface area contributed by atoms with Crippen molar-refractivity contribution >= 4 is 17.7 Å². The second-order valence-corrected chi connectivity index (χ2v) is 5.82. The molecule has 104 valence electrons. The second-order valence-electron chi connectivity index (χ2n) is 4.88. The van der Waals surface area contributed by atoms with Crippen LogP contribution in [0.3, 0.4) is 0 Å². The summed E-state index contributed by atoms with van der Waals surface area (Å²) < 4.78 is 1.97. The average Bonchev–Trinajstić information content (AvgIpc) is 3.18. The molecular weight excluding hydrogens is 264 g/mol. The minimum Gasteiger partial charge on any atom is -0.481 e. The fraction of sp³-hybridized carbons (Fsp3) is 0.615. The molecule has 1 aliphatic carbocycles. The maximum atomic E-state index is 11.3. The Bertz CT molecular complexity index is 511. The molecule has 0 bridgehead atoms. The summed E-state index contributed by atoms with van der Waals surface area (Å²) in [5.41, 5.74) is -0.314.